The van der Waals surface area contributed by atoms with E-state index >= 15 is 0 Å². The molecule has 3 heteroatoms. The van der Waals surface area contributed by atoms with Crippen LogP contribution in [0.4, 0.5) is 0 Å². The summed E-state index contributed by atoms with van der Waals surface area (Å²) in [7, 11) is 2.24. The molecule has 2 bridgehead atoms. The zero-order valence-electron chi connectivity index (χ0n) is 11.3. The van der Waals surface area contributed by atoms with E-state index in [9.17, 15) is 0 Å². The molecular weight excluding hydrogens is 210 g/mol. The minimum atomic E-state index is 0.503. The summed E-state index contributed by atoms with van der Waals surface area (Å²) in [5.41, 5.74) is 6.41. The highest BCUT2D eigenvalue weighted by Gasteiger charge is 2.46. The van der Waals surface area contributed by atoms with Gasteiger partial charge in [0.2, 0.25) is 0 Å². The van der Waals surface area contributed by atoms with E-state index in [-0.39, 0.29) is 0 Å². The molecule has 0 aromatic heterocycles. The fraction of sp³-hybridized carbons (Fsp3) is 1.00. The van der Waals surface area contributed by atoms with Crippen molar-refractivity contribution in [3.63, 3.8) is 0 Å². The molecule has 3 aliphatic rings. The van der Waals surface area contributed by atoms with Crippen LogP contribution in [0.2, 0.25) is 0 Å². The van der Waals surface area contributed by atoms with E-state index in [0.29, 0.717) is 12.1 Å². The Morgan fingerprint density at radius 2 is 1.94 bits per heavy atom. The molecule has 1 heterocycles. The molecule has 2 N–H and O–H groups in total. The summed E-state index contributed by atoms with van der Waals surface area (Å²) < 4.78 is 0. The SMILES string of the molecule is CC1CN(CC2C3CCC(C3)C2N)CCN1C. The highest BCUT2D eigenvalue weighted by molar-refractivity contribution is 5.00. The molecule has 5 unspecified atom stereocenters. The van der Waals surface area contributed by atoms with Gasteiger partial charge in [-0.15, -0.1) is 0 Å². The summed E-state index contributed by atoms with van der Waals surface area (Å²) in [6.07, 6.45) is 4.28. The monoisotopic (exact) mass is 237 g/mol. The van der Waals surface area contributed by atoms with Crippen molar-refractivity contribution in [3.8, 4) is 0 Å². The number of hydrogen-bond acceptors (Lipinski definition) is 3. The van der Waals surface area contributed by atoms with Crippen molar-refractivity contribution < 1.29 is 0 Å². The summed E-state index contributed by atoms with van der Waals surface area (Å²) >= 11 is 0. The van der Waals surface area contributed by atoms with E-state index in [1.165, 1.54) is 45.4 Å². The van der Waals surface area contributed by atoms with Crippen molar-refractivity contribution in [2.75, 3.05) is 33.2 Å². The standard InChI is InChI=1S/C14H27N3/c1-10-8-17(6-5-16(10)2)9-13-11-3-4-12(7-11)14(13)15/h10-14H,3-9,15H2,1-2H3. The second-order valence-corrected chi connectivity index (χ2v) is 6.66. The summed E-state index contributed by atoms with van der Waals surface area (Å²) in [6, 6.07) is 1.21. The lowest BCUT2D eigenvalue weighted by atomic mass is 9.84. The van der Waals surface area contributed by atoms with Crippen LogP contribution in [0.3, 0.4) is 0 Å². The molecule has 0 radical (unpaired) electrons. The van der Waals surface area contributed by atoms with Crippen LogP contribution in [0.25, 0.3) is 0 Å². The number of piperazine rings is 1. The van der Waals surface area contributed by atoms with E-state index in [1.54, 1.807) is 0 Å². The molecule has 2 saturated carbocycles. The van der Waals surface area contributed by atoms with Crippen LogP contribution in [0, 0.1) is 17.8 Å². The Morgan fingerprint density at radius 3 is 2.59 bits per heavy atom. The quantitative estimate of drug-likeness (QED) is 0.777. The van der Waals surface area contributed by atoms with E-state index < -0.39 is 0 Å². The second-order valence-electron chi connectivity index (χ2n) is 6.66. The minimum absolute atomic E-state index is 0.503. The third-order valence-corrected chi connectivity index (χ3v) is 5.67. The molecule has 1 aliphatic heterocycles. The summed E-state index contributed by atoms with van der Waals surface area (Å²) in [5.74, 6) is 2.60. The van der Waals surface area contributed by atoms with Crippen LogP contribution >= 0.6 is 0 Å². The molecule has 0 amide bonds. The maximum atomic E-state index is 6.41. The second kappa shape index (κ2) is 4.52. The Morgan fingerprint density at radius 1 is 1.18 bits per heavy atom. The van der Waals surface area contributed by atoms with Gasteiger partial charge in [-0.1, -0.05) is 0 Å². The Kier molecular flexibility index (Phi) is 3.18. The molecule has 3 rings (SSSR count). The largest absolute Gasteiger partial charge is 0.327 e. The number of fused-ring (bicyclic) bond motifs is 2. The molecule has 2 aliphatic carbocycles. The van der Waals surface area contributed by atoms with Gasteiger partial charge in [-0.3, -0.25) is 0 Å². The van der Waals surface area contributed by atoms with Crippen molar-refractivity contribution in [3.05, 3.63) is 0 Å². The van der Waals surface area contributed by atoms with E-state index in [2.05, 4.69) is 23.8 Å². The van der Waals surface area contributed by atoms with Gasteiger partial charge in [-0.2, -0.15) is 0 Å². The van der Waals surface area contributed by atoms with Crippen LogP contribution in [-0.4, -0.2) is 55.1 Å². The third kappa shape index (κ3) is 2.13. The van der Waals surface area contributed by atoms with Crippen LogP contribution in [0.1, 0.15) is 26.2 Å². The zero-order chi connectivity index (χ0) is 12.0. The van der Waals surface area contributed by atoms with Crippen LogP contribution in [-0.2, 0) is 0 Å². The molecule has 17 heavy (non-hydrogen) atoms. The molecule has 3 fully saturated rings. The van der Waals surface area contributed by atoms with E-state index in [0.717, 1.165) is 17.8 Å². The van der Waals surface area contributed by atoms with Gasteiger partial charge in [0.1, 0.15) is 0 Å². The molecular formula is C14H27N3. The lowest BCUT2D eigenvalue weighted by molar-refractivity contribution is 0.0787. The first-order chi connectivity index (χ1) is 8.15. The lowest BCUT2D eigenvalue weighted by Crippen LogP contribution is -2.53. The van der Waals surface area contributed by atoms with Gasteiger partial charge in [0.15, 0.2) is 0 Å². The average Bonchev–Trinajstić information content (AvgIpc) is 2.87. The van der Waals surface area contributed by atoms with Crippen molar-refractivity contribution in [1.82, 2.24) is 9.80 Å². The molecule has 5 atom stereocenters. The number of hydrogen-bond donors (Lipinski definition) is 1. The normalized spacial score (nSPS) is 47.8. The molecule has 98 valence electrons. The first-order valence-corrected chi connectivity index (χ1v) is 7.33. The Balaban J connectivity index is 1.57. The van der Waals surface area contributed by atoms with E-state index in [4.69, 9.17) is 5.73 Å². The predicted octanol–water partition coefficient (Wildman–Crippen LogP) is 0.996. The minimum Gasteiger partial charge on any atom is -0.327 e. The van der Waals surface area contributed by atoms with Gasteiger partial charge in [-0.05, 0) is 51.0 Å². The first kappa shape index (κ1) is 11.9. The smallest absolute Gasteiger partial charge is 0.0192 e. The summed E-state index contributed by atoms with van der Waals surface area (Å²) in [5, 5.41) is 0. The van der Waals surface area contributed by atoms with Crippen molar-refractivity contribution >= 4 is 0 Å². The Bertz CT molecular complexity index is 279. The fourth-order valence-corrected chi connectivity index (χ4v) is 4.31. The van der Waals surface area contributed by atoms with Crippen molar-refractivity contribution in [1.29, 1.82) is 0 Å². The van der Waals surface area contributed by atoms with Gasteiger partial charge < -0.3 is 15.5 Å². The third-order valence-electron chi connectivity index (χ3n) is 5.67. The Hall–Kier alpha value is -0.120. The average molecular weight is 237 g/mol. The summed E-state index contributed by atoms with van der Waals surface area (Å²) in [4.78, 5) is 5.13. The van der Waals surface area contributed by atoms with Gasteiger partial charge in [-0.25, -0.2) is 0 Å². The Labute approximate surface area is 105 Å². The van der Waals surface area contributed by atoms with Crippen LogP contribution in [0.15, 0.2) is 0 Å². The lowest BCUT2D eigenvalue weighted by Gasteiger charge is -2.41. The molecule has 0 spiro atoms. The maximum Gasteiger partial charge on any atom is 0.0192 e. The van der Waals surface area contributed by atoms with Gasteiger partial charge >= 0.3 is 0 Å². The van der Waals surface area contributed by atoms with Gasteiger partial charge in [0.05, 0.1) is 0 Å². The van der Waals surface area contributed by atoms with Crippen LogP contribution < -0.4 is 5.73 Å². The number of nitrogens with two attached hydrogens (primary N) is 1. The molecule has 3 nitrogen and oxygen atoms in total. The molecule has 0 aromatic carbocycles. The topological polar surface area (TPSA) is 32.5 Å². The predicted molar refractivity (Wildman–Crippen MR) is 70.8 cm³/mol. The number of nitrogens with zero attached hydrogens (tertiary/aromatic N) is 2. The number of rotatable bonds is 2. The fourth-order valence-electron chi connectivity index (χ4n) is 4.31. The zero-order valence-corrected chi connectivity index (χ0v) is 11.3. The first-order valence-electron chi connectivity index (χ1n) is 7.33. The summed E-state index contributed by atoms with van der Waals surface area (Å²) in [6.45, 7) is 7.29. The number of likely N-dealkylation sites (N-methyl/N-ethyl adjacent to an activating group) is 1. The molecule has 0 aromatic rings. The van der Waals surface area contributed by atoms with Crippen LogP contribution in [0.5, 0.6) is 0 Å². The highest BCUT2D eigenvalue weighted by atomic mass is 15.3. The molecule has 1 saturated heterocycles. The highest BCUT2D eigenvalue weighted by Crippen LogP contribution is 2.47. The maximum absolute atomic E-state index is 6.41. The van der Waals surface area contributed by atoms with Crippen molar-refractivity contribution in [2.45, 2.75) is 38.3 Å². The van der Waals surface area contributed by atoms with Crippen molar-refractivity contribution in [2.24, 2.45) is 23.5 Å². The van der Waals surface area contributed by atoms with Gasteiger partial charge in [0, 0.05) is 38.3 Å². The van der Waals surface area contributed by atoms with E-state index in [1.807, 2.05) is 0 Å². The van der Waals surface area contributed by atoms with Gasteiger partial charge in [0.25, 0.3) is 0 Å².